The first-order chi connectivity index (χ1) is 14.8. The Hall–Kier alpha value is -3.45. The van der Waals surface area contributed by atoms with Gasteiger partial charge in [-0.1, -0.05) is 35.9 Å². The van der Waals surface area contributed by atoms with Gasteiger partial charge in [0.2, 0.25) is 0 Å². The van der Waals surface area contributed by atoms with Crippen LogP contribution in [-0.4, -0.2) is 51.3 Å². The minimum atomic E-state index is -0.715. The molecule has 4 rings (SSSR count). The number of aryl methyl sites for hydroxylation is 3. The van der Waals surface area contributed by atoms with Crippen molar-refractivity contribution in [3.05, 3.63) is 76.2 Å². The van der Waals surface area contributed by atoms with E-state index in [4.69, 9.17) is 4.74 Å². The highest BCUT2D eigenvalue weighted by Crippen LogP contribution is 2.39. The van der Waals surface area contributed by atoms with Crippen LogP contribution in [0.15, 0.2) is 48.2 Å². The molecule has 1 aliphatic rings. The number of aliphatic hydroxyl groups is 1. The van der Waals surface area contributed by atoms with E-state index in [-0.39, 0.29) is 24.5 Å². The van der Waals surface area contributed by atoms with E-state index in [0.717, 1.165) is 16.7 Å². The number of imidazole rings is 1. The average molecular weight is 419 g/mol. The Labute approximate surface area is 180 Å². The minimum Gasteiger partial charge on any atom is -0.505 e. The molecule has 7 nitrogen and oxygen atoms in total. The van der Waals surface area contributed by atoms with Crippen LogP contribution in [0, 0.1) is 20.8 Å². The summed E-state index contributed by atoms with van der Waals surface area (Å²) in [6.45, 7) is 6.24. The van der Waals surface area contributed by atoms with Gasteiger partial charge in [-0.05, 0) is 38.0 Å². The van der Waals surface area contributed by atoms with E-state index in [1.54, 1.807) is 7.11 Å². The quantitative estimate of drug-likeness (QED) is 0.390. The van der Waals surface area contributed by atoms with Crippen LogP contribution in [-0.2, 0) is 14.3 Å². The highest BCUT2D eigenvalue weighted by Gasteiger charge is 2.46. The summed E-state index contributed by atoms with van der Waals surface area (Å²) < 4.78 is 7.01. The zero-order valence-corrected chi connectivity index (χ0v) is 18.0. The van der Waals surface area contributed by atoms with Crippen molar-refractivity contribution >= 4 is 23.1 Å². The second kappa shape index (κ2) is 8.00. The molecule has 160 valence electrons. The standard InChI is InChI=1S/C24H25N3O4/c1-14-7-9-17(10-8-14)20-18(22(29)24(30)27(20)12-13-31-4)21(28)19-16(3)26-11-5-6-15(2)23(26)25-19/h5-11,20,28H,12-13H2,1-4H3/b21-18+. The average Bonchev–Trinajstić information content (AvgIpc) is 3.22. The van der Waals surface area contributed by atoms with Gasteiger partial charge in [0.15, 0.2) is 5.76 Å². The zero-order chi connectivity index (χ0) is 22.3. The van der Waals surface area contributed by atoms with Crippen LogP contribution >= 0.6 is 0 Å². The Morgan fingerprint density at radius 2 is 1.84 bits per heavy atom. The van der Waals surface area contributed by atoms with Crippen molar-refractivity contribution in [1.29, 1.82) is 0 Å². The SMILES string of the molecule is COCCN1C(=O)C(=O)/C(=C(/O)c2nc3c(C)cccn3c2C)C1c1ccc(C)cc1. The molecule has 31 heavy (non-hydrogen) atoms. The number of nitrogens with zero attached hydrogens (tertiary/aromatic N) is 3. The number of Topliss-reactive ketones (excluding diaryl/α,β-unsaturated/α-hetero) is 1. The molecule has 1 aromatic carbocycles. The number of hydrogen-bond donors (Lipinski definition) is 1. The van der Waals surface area contributed by atoms with Crippen LogP contribution < -0.4 is 0 Å². The fraction of sp³-hybridized carbons (Fsp3) is 0.292. The van der Waals surface area contributed by atoms with Gasteiger partial charge in [0, 0.05) is 19.9 Å². The summed E-state index contributed by atoms with van der Waals surface area (Å²) in [6.07, 6.45) is 1.86. The fourth-order valence-corrected chi connectivity index (χ4v) is 4.07. The topological polar surface area (TPSA) is 84.1 Å². The number of ketones is 1. The van der Waals surface area contributed by atoms with E-state index in [1.165, 1.54) is 4.90 Å². The largest absolute Gasteiger partial charge is 0.505 e. The van der Waals surface area contributed by atoms with Crippen molar-refractivity contribution in [3.63, 3.8) is 0 Å². The number of likely N-dealkylation sites (tertiary alicyclic amines) is 1. The van der Waals surface area contributed by atoms with Gasteiger partial charge in [-0.15, -0.1) is 0 Å². The number of hydrogen-bond acceptors (Lipinski definition) is 5. The molecule has 2 aromatic heterocycles. The predicted molar refractivity (Wildman–Crippen MR) is 117 cm³/mol. The van der Waals surface area contributed by atoms with E-state index in [2.05, 4.69) is 4.98 Å². The molecule has 1 unspecified atom stereocenters. The van der Waals surface area contributed by atoms with E-state index in [0.29, 0.717) is 17.0 Å². The second-order valence-corrected chi connectivity index (χ2v) is 7.83. The van der Waals surface area contributed by atoms with E-state index in [9.17, 15) is 14.7 Å². The van der Waals surface area contributed by atoms with Crippen molar-refractivity contribution in [3.8, 4) is 0 Å². The van der Waals surface area contributed by atoms with Crippen LogP contribution in [0.25, 0.3) is 11.4 Å². The van der Waals surface area contributed by atoms with E-state index < -0.39 is 17.7 Å². The van der Waals surface area contributed by atoms with Crippen molar-refractivity contribution in [2.24, 2.45) is 0 Å². The maximum absolute atomic E-state index is 13.1. The molecule has 0 bridgehead atoms. The van der Waals surface area contributed by atoms with Gasteiger partial charge in [-0.3, -0.25) is 9.59 Å². The number of aromatic nitrogens is 2. The van der Waals surface area contributed by atoms with Crippen LogP contribution in [0.5, 0.6) is 0 Å². The first kappa shape index (κ1) is 20.8. The number of rotatable bonds is 5. The summed E-state index contributed by atoms with van der Waals surface area (Å²) in [5.74, 6) is -1.63. The first-order valence-electron chi connectivity index (χ1n) is 10.1. The van der Waals surface area contributed by atoms with Crippen molar-refractivity contribution in [2.75, 3.05) is 20.3 Å². The van der Waals surface area contributed by atoms with Crippen molar-refractivity contribution in [2.45, 2.75) is 26.8 Å². The smallest absolute Gasteiger partial charge is 0.295 e. The number of fused-ring (bicyclic) bond motifs is 1. The van der Waals surface area contributed by atoms with E-state index >= 15 is 0 Å². The Bertz CT molecular complexity index is 1210. The number of benzene rings is 1. The lowest BCUT2D eigenvalue weighted by Crippen LogP contribution is -2.32. The second-order valence-electron chi connectivity index (χ2n) is 7.83. The summed E-state index contributed by atoms with van der Waals surface area (Å²) in [7, 11) is 1.54. The van der Waals surface area contributed by atoms with Gasteiger partial charge in [-0.2, -0.15) is 0 Å². The normalized spacial score (nSPS) is 18.3. The number of ether oxygens (including phenoxy) is 1. The highest BCUT2D eigenvalue weighted by atomic mass is 16.5. The maximum Gasteiger partial charge on any atom is 0.295 e. The predicted octanol–water partition coefficient (Wildman–Crippen LogP) is 3.33. The molecule has 0 radical (unpaired) electrons. The third-order valence-electron chi connectivity index (χ3n) is 5.78. The van der Waals surface area contributed by atoms with Crippen LogP contribution in [0.3, 0.4) is 0 Å². The minimum absolute atomic E-state index is 0.0501. The Kier molecular flexibility index (Phi) is 5.37. The summed E-state index contributed by atoms with van der Waals surface area (Å²) in [4.78, 5) is 32.0. The third kappa shape index (κ3) is 3.41. The number of carbonyl (C=O) groups is 2. The van der Waals surface area contributed by atoms with Gasteiger partial charge in [0.1, 0.15) is 11.3 Å². The lowest BCUT2D eigenvalue weighted by Gasteiger charge is -2.25. The number of aliphatic hydroxyl groups excluding tert-OH is 1. The highest BCUT2D eigenvalue weighted by molar-refractivity contribution is 6.46. The van der Waals surface area contributed by atoms with Crippen molar-refractivity contribution in [1.82, 2.24) is 14.3 Å². The summed E-state index contributed by atoms with van der Waals surface area (Å²) in [5.41, 5.74) is 4.50. The molecule has 3 aromatic rings. The van der Waals surface area contributed by atoms with Gasteiger partial charge >= 0.3 is 0 Å². The number of methoxy groups -OCH3 is 1. The molecular formula is C24H25N3O4. The summed E-state index contributed by atoms with van der Waals surface area (Å²) in [5, 5.41) is 11.3. The van der Waals surface area contributed by atoms with Gasteiger partial charge in [-0.25, -0.2) is 4.98 Å². The van der Waals surface area contributed by atoms with Crippen LogP contribution in [0.4, 0.5) is 0 Å². The van der Waals surface area contributed by atoms with E-state index in [1.807, 2.05) is 67.8 Å². The Balaban J connectivity index is 1.93. The fourth-order valence-electron chi connectivity index (χ4n) is 4.07. The molecule has 1 saturated heterocycles. The maximum atomic E-state index is 13.1. The molecular weight excluding hydrogens is 394 g/mol. The molecule has 0 aliphatic carbocycles. The lowest BCUT2D eigenvalue weighted by molar-refractivity contribution is -0.140. The molecule has 1 aliphatic heterocycles. The molecule has 0 spiro atoms. The molecule has 0 saturated carbocycles. The summed E-state index contributed by atoms with van der Waals surface area (Å²) in [6, 6.07) is 10.7. The lowest BCUT2D eigenvalue weighted by atomic mass is 9.95. The third-order valence-corrected chi connectivity index (χ3v) is 5.78. The zero-order valence-electron chi connectivity index (χ0n) is 18.0. The number of pyridine rings is 1. The van der Waals surface area contributed by atoms with Crippen LogP contribution in [0.2, 0.25) is 0 Å². The van der Waals surface area contributed by atoms with Crippen molar-refractivity contribution < 1.29 is 19.4 Å². The number of carbonyl (C=O) groups excluding carboxylic acids is 2. The molecule has 7 heteroatoms. The molecule has 3 heterocycles. The Morgan fingerprint density at radius 3 is 2.48 bits per heavy atom. The van der Waals surface area contributed by atoms with Gasteiger partial charge in [0.05, 0.1) is 23.9 Å². The molecule has 1 N–H and O–H groups in total. The monoisotopic (exact) mass is 419 g/mol. The molecule has 1 fully saturated rings. The first-order valence-corrected chi connectivity index (χ1v) is 10.1. The van der Waals surface area contributed by atoms with Gasteiger partial charge in [0.25, 0.3) is 11.7 Å². The molecule has 1 amide bonds. The summed E-state index contributed by atoms with van der Waals surface area (Å²) >= 11 is 0. The van der Waals surface area contributed by atoms with Gasteiger partial charge < -0.3 is 19.1 Å². The van der Waals surface area contributed by atoms with Crippen LogP contribution in [0.1, 0.15) is 34.1 Å². The number of amides is 1. The molecule has 1 atom stereocenters. The Morgan fingerprint density at radius 1 is 1.13 bits per heavy atom.